The van der Waals surface area contributed by atoms with Crippen LogP contribution in [0.2, 0.25) is 0 Å². The Balaban J connectivity index is 1.65. The van der Waals surface area contributed by atoms with Crippen LogP contribution in [-0.4, -0.2) is 6.04 Å². The van der Waals surface area contributed by atoms with Crippen molar-refractivity contribution in [1.29, 1.82) is 0 Å². The maximum atomic E-state index is 3.87. The molecule has 1 nitrogen and oxygen atoms in total. The quantitative estimate of drug-likeness (QED) is 0.796. The van der Waals surface area contributed by atoms with Gasteiger partial charge in [0.15, 0.2) is 0 Å². The molecule has 1 aromatic carbocycles. The van der Waals surface area contributed by atoms with E-state index in [1.54, 1.807) is 5.56 Å². The topological polar surface area (TPSA) is 12.0 Å². The molecule has 0 bridgehead atoms. The molecule has 0 unspecified atom stereocenters. The Bertz CT molecular complexity index is 480. The minimum Gasteiger partial charge on any atom is -0.310 e. The predicted octanol–water partition coefficient (Wildman–Crippen LogP) is 5.26. The largest absolute Gasteiger partial charge is 0.310 e. The zero-order valence-electron chi connectivity index (χ0n) is 14.2. The molecule has 0 heterocycles. The van der Waals surface area contributed by atoms with Gasteiger partial charge < -0.3 is 5.32 Å². The summed E-state index contributed by atoms with van der Waals surface area (Å²) >= 11 is 0. The molecule has 1 heteroatoms. The van der Waals surface area contributed by atoms with E-state index < -0.39 is 0 Å². The first kappa shape index (κ1) is 15.1. The highest BCUT2D eigenvalue weighted by atomic mass is 14.9. The van der Waals surface area contributed by atoms with Crippen LogP contribution in [0.5, 0.6) is 0 Å². The second-order valence-corrected chi connectivity index (χ2v) is 8.96. The van der Waals surface area contributed by atoms with Crippen LogP contribution in [0.15, 0.2) is 24.3 Å². The van der Waals surface area contributed by atoms with Gasteiger partial charge in [0.1, 0.15) is 0 Å². The van der Waals surface area contributed by atoms with E-state index >= 15 is 0 Å². The standard InChI is InChI=1S/C20H31N/c1-19(2)11-17(12-20(3,4)14-19)21-13-16-7-5-6-8-18(16)15-9-10-15/h5-8,15,17,21H,9-14H2,1-4H3. The van der Waals surface area contributed by atoms with Crippen LogP contribution < -0.4 is 5.32 Å². The second-order valence-electron chi connectivity index (χ2n) is 8.96. The molecule has 0 aliphatic heterocycles. The van der Waals surface area contributed by atoms with E-state index in [1.807, 2.05) is 0 Å². The normalized spacial score (nSPS) is 25.0. The fourth-order valence-electron chi connectivity index (χ4n) is 4.73. The molecule has 116 valence electrons. The lowest BCUT2D eigenvalue weighted by Gasteiger charge is -2.45. The second kappa shape index (κ2) is 5.43. The Labute approximate surface area is 130 Å². The van der Waals surface area contributed by atoms with Gasteiger partial charge in [0.25, 0.3) is 0 Å². The zero-order chi connectivity index (χ0) is 15.1. The summed E-state index contributed by atoms with van der Waals surface area (Å²) in [5.74, 6) is 0.849. The third-order valence-corrected chi connectivity index (χ3v) is 5.21. The highest BCUT2D eigenvalue weighted by Crippen LogP contribution is 2.46. The van der Waals surface area contributed by atoms with Gasteiger partial charge in [0.05, 0.1) is 0 Å². The number of benzene rings is 1. The molecule has 3 rings (SSSR count). The zero-order valence-corrected chi connectivity index (χ0v) is 14.2. The summed E-state index contributed by atoms with van der Waals surface area (Å²) in [4.78, 5) is 0. The molecule has 0 saturated heterocycles. The van der Waals surface area contributed by atoms with Gasteiger partial charge in [0, 0.05) is 12.6 Å². The van der Waals surface area contributed by atoms with Crippen molar-refractivity contribution in [2.75, 3.05) is 0 Å². The van der Waals surface area contributed by atoms with Gasteiger partial charge in [-0.25, -0.2) is 0 Å². The van der Waals surface area contributed by atoms with Crippen LogP contribution in [0.3, 0.4) is 0 Å². The monoisotopic (exact) mass is 285 g/mol. The fourth-order valence-corrected chi connectivity index (χ4v) is 4.73. The summed E-state index contributed by atoms with van der Waals surface area (Å²) in [6, 6.07) is 9.71. The molecule has 2 saturated carbocycles. The molecule has 2 aliphatic rings. The van der Waals surface area contributed by atoms with Crippen LogP contribution in [-0.2, 0) is 6.54 Å². The van der Waals surface area contributed by atoms with Crippen LogP contribution in [0.25, 0.3) is 0 Å². The Hall–Kier alpha value is -0.820. The molecule has 21 heavy (non-hydrogen) atoms. The first-order chi connectivity index (χ1) is 9.85. The van der Waals surface area contributed by atoms with Gasteiger partial charge in [-0.15, -0.1) is 0 Å². The maximum absolute atomic E-state index is 3.87. The first-order valence-electron chi connectivity index (χ1n) is 8.66. The van der Waals surface area contributed by atoms with Crippen LogP contribution in [0, 0.1) is 10.8 Å². The maximum Gasteiger partial charge on any atom is 0.0210 e. The summed E-state index contributed by atoms with van der Waals surface area (Å²) in [5.41, 5.74) is 4.06. The van der Waals surface area contributed by atoms with Crippen LogP contribution in [0.1, 0.15) is 76.8 Å². The number of rotatable bonds is 4. The van der Waals surface area contributed by atoms with Gasteiger partial charge in [0.2, 0.25) is 0 Å². The average Bonchev–Trinajstić information content (AvgIpc) is 3.17. The van der Waals surface area contributed by atoms with Gasteiger partial charge in [-0.2, -0.15) is 0 Å². The third-order valence-electron chi connectivity index (χ3n) is 5.21. The van der Waals surface area contributed by atoms with Crippen LogP contribution >= 0.6 is 0 Å². The fraction of sp³-hybridized carbons (Fsp3) is 0.700. The lowest BCUT2D eigenvalue weighted by Crippen LogP contribution is -2.43. The number of hydrogen-bond acceptors (Lipinski definition) is 1. The van der Waals surface area contributed by atoms with Gasteiger partial charge in [-0.05, 0) is 60.0 Å². The van der Waals surface area contributed by atoms with Gasteiger partial charge in [-0.3, -0.25) is 0 Å². The third kappa shape index (κ3) is 3.88. The van der Waals surface area contributed by atoms with Gasteiger partial charge >= 0.3 is 0 Å². The highest BCUT2D eigenvalue weighted by Gasteiger charge is 2.38. The molecule has 0 amide bonds. The first-order valence-corrected chi connectivity index (χ1v) is 8.66. The molecular weight excluding hydrogens is 254 g/mol. The van der Waals surface area contributed by atoms with Gasteiger partial charge in [-0.1, -0.05) is 52.0 Å². The summed E-state index contributed by atoms with van der Waals surface area (Å²) in [6.07, 6.45) is 6.74. The van der Waals surface area contributed by atoms with Crippen molar-refractivity contribution in [2.24, 2.45) is 10.8 Å². The smallest absolute Gasteiger partial charge is 0.0210 e. The SMILES string of the molecule is CC1(C)CC(NCc2ccccc2C2CC2)CC(C)(C)C1. The minimum atomic E-state index is 0.468. The Morgan fingerprint density at radius 2 is 1.62 bits per heavy atom. The van der Waals surface area contributed by atoms with E-state index in [0.29, 0.717) is 16.9 Å². The summed E-state index contributed by atoms with van der Waals surface area (Å²) in [5, 5.41) is 3.87. The molecule has 2 fully saturated rings. The Kier molecular flexibility index (Phi) is 3.90. The number of nitrogens with one attached hydrogen (secondary N) is 1. The lowest BCUT2D eigenvalue weighted by atomic mass is 9.63. The van der Waals surface area contributed by atoms with Crippen molar-refractivity contribution in [3.8, 4) is 0 Å². The van der Waals surface area contributed by atoms with E-state index in [9.17, 15) is 0 Å². The molecule has 1 N–H and O–H groups in total. The Morgan fingerprint density at radius 3 is 2.24 bits per heavy atom. The van der Waals surface area contributed by atoms with Crippen molar-refractivity contribution in [3.63, 3.8) is 0 Å². The molecule has 2 aliphatic carbocycles. The summed E-state index contributed by atoms with van der Waals surface area (Å²) in [6.45, 7) is 10.8. The predicted molar refractivity (Wildman–Crippen MR) is 90.5 cm³/mol. The van der Waals surface area contributed by atoms with E-state index in [4.69, 9.17) is 0 Å². The average molecular weight is 285 g/mol. The van der Waals surface area contributed by atoms with Crippen molar-refractivity contribution in [3.05, 3.63) is 35.4 Å². The van der Waals surface area contributed by atoms with E-state index in [0.717, 1.165) is 12.5 Å². The molecule has 0 atom stereocenters. The highest BCUT2D eigenvalue weighted by molar-refractivity contribution is 5.33. The summed E-state index contributed by atoms with van der Waals surface area (Å²) in [7, 11) is 0. The van der Waals surface area contributed by atoms with E-state index in [1.165, 1.54) is 37.7 Å². The molecule has 0 radical (unpaired) electrons. The van der Waals surface area contributed by atoms with E-state index in [2.05, 4.69) is 57.3 Å². The van der Waals surface area contributed by atoms with E-state index in [-0.39, 0.29) is 0 Å². The molecule has 0 spiro atoms. The number of hydrogen-bond donors (Lipinski definition) is 1. The van der Waals surface area contributed by atoms with Crippen LogP contribution in [0.4, 0.5) is 0 Å². The van der Waals surface area contributed by atoms with Crippen molar-refractivity contribution >= 4 is 0 Å². The molecular formula is C20H31N. The van der Waals surface area contributed by atoms with Crippen molar-refractivity contribution in [2.45, 2.75) is 78.3 Å². The lowest BCUT2D eigenvalue weighted by molar-refractivity contribution is 0.0844. The minimum absolute atomic E-state index is 0.468. The Morgan fingerprint density at radius 1 is 1.00 bits per heavy atom. The summed E-state index contributed by atoms with van der Waals surface area (Å²) < 4.78 is 0. The molecule has 1 aromatic rings. The van der Waals surface area contributed by atoms with Crippen molar-refractivity contribution in [1.82, 2.24) is 5.32 Å². The van der Waals surface area contributed by atoms with Crippen molar-refractivity contribution < 1.29 is 0 Å². The molecule has 0 aromatic heterocycles.